The van der Waals surface area contributed by atoms with E-state index >= 15 is 0 Å². The van der Waals surface area contributed by atoms with Crippen molar-refractivity contribution >= 4 is 12.1 Å². The van der Waals surface area contributed by atoms with E-state index in [4.69, 9.17) is 9.73 Å². The largest absolute Gasteiger partial charge is 0.444 e. The summed E-state index contributed by atoms with van der Waals surface area (Å²) in [5, 5.41) is 3.37. The molecule has 2 heterocycles. The number of piperazine rings is 1. The molecule has 1 aromatic heterocycles. The summed E-state index contributed by atoms with van der Waals surface area (Å²) in [7, 11) is 4.12. The topological polar surface area (TPSA) is 65.3 Å². The number of amides is 1. The van der Waals surface area contributed by atoms with Crippen LogP contribution in [0.1, 0.15) is 33.4 Å². The van der Waals surface area contributed by atoms with Gasteiger partial charge in [0, 0.05) is 65.3 Å². The van der Waals surface area contributed by atoms with Gasteiger partial charge >= 0.3 is 6.09 Å². The molecule has 2 rings (SSSR count). The minimum Gasteiger partial charge on any atom is -0.444 e. The standard InChI is InChI=1S/C21H38N6O2/c1-7-22-19(25(6)17-18-9-8-11-24(18)5)23-10-12-26-13-15-27(16-14-26)20(28)29-21(2,3)4/h8-9,11H,7,10,12-17H2,1-6H3,(H,22,23). The fourth-order valence-electron chi connectivity index (χ4n) is 3.23. The SMILES string of the molecule is CCNC(=NCCN1CCN(C(=O)OC(C)(C)C)CC1)N(C)Cc1cccn1C. The zero-order chi connectivity index (χ0) is 21.4. The van der Waals surface area contributed by atoms with E-state index in [1.165, 1.54) is 5.69 Å². The molecule has 0 radical (unpaired) electrons. The van der Waals surface area contributed by atoms with Crippen LogP contribution in [0.25, 0.3) is 0 Å². The second-order valence-corrected chi connectivity index (χ2v) is 8.51. The summed E-state index contributed by atoms with van der Waals surface area (Å²) in [6.45, 7) is 14.1. The Morgan fingerprint density at radius 3 is 2.52 bits per heavy atom. The summed E-state index contributed by atoms with van der Waals surface area (Å²) in [6.07, 6.45) is 1.84. The van der Waals surface area contributed by atoms with Crippen LogP contribution in [0.4, 0.5) is 4.79 Å². The average Bonchev–Trinajstić information content (AvgIpc) is 3.04. The first-order valence-electron chi connectivity index (χ1n) is 10.5. The van der Waals surface area contributed by atoms with E-state index in [-0.39, 0.29) is 6.09 Å². The van der Waals surface area contributed by atoms with Gasteiger partial charge in [0.1, 0.15) is 5.60 Å². The van der Waals surface area contributed by atoms with Gasteiger partial charge in [0.25, 0.3) is 0 Å². The molecule has 0 saturated carbocycles. The molecule has 8 heteroatoms. The summed E-state index contributed by atoms with van der Waals surface area (Å²) in [6, 6.07) is 4.19. The number of nitrogens with zero attached hydrogens (tertiary/aromatic N) is 5. The van der Waals surface area contributed by atoms with Crippen molar-refractivity contribution < 1.29 is 9.53 Å². The molecule has 1 aliphatic heterocycles. The highest BCUT2D eigenvalue weighted by molar-refractivity contribution is 5.79. The molecule has 0 atom stereocenters. The van der Waals surface area contributed by atoms with Crippen molar-refractivity contribution in [3.8, 4) is 0 Å². The van der Waals surface area contributed by atoms with Crippen LogP contribution in [0.15, 0.2) is 23.3 Å². The third-order valence-corrected chi connectivity index (χ3v) is 4.85. The number of carbonyl (C=O) groups excluding carboxylic acids is 1. The Morgan fingerprint density at radius 1 is 1.28 bits per heavy atom. The van der Waals surface area contributed by atoms with Crippen LogP contribution < -0.4 is 5.32 Å². The summed E-state index contributed by atoms with van der Waals surface area (Å²) >= 11 is 0. The van der Waals surface area contributed by atoms with Gasteiger partial charge in [0.05, 0.1) is 13.1 Å². The van der Waals surface area contributed by atoms with Gasteiger partial charge in [-0.2, -0.15) is 0 Å². The molecule has 164 valence electrons. The second-order valence-electron chi connectivity index (χ2n) is 8.51. The number of guanidine groups is 1. The zero-order valence-corrected chi connectivity index (χ0v) is 18.9. The third kappa shape index (κ3) is 7.61. The van der Waals surface area contributed by atoms with Crippen LogP contribution in [0.3, 0.4) is 0 Å². The van der Waals surface area contributed by atoms with E-state index in [2.05, 4.69) is 59.0 Å². The first-order chi connectivity index (χ1) is 13.7. The first-order valence-corrected chi connectivity index (χ1v) is 10.5. The number of aryl methyl sites for hydroxylation is 1. The number of hydrogen-bond acceptors (Lipinski definition) is 4. The van der Waals surface area contributed by atoms with Gasteiger partial charge in [-0.25, -0.2) is 4.79 Å². The molecule has 29 heavy (non-hydrogen) atoms. The smallest absolute Gasteiger partial charge is 0.410 e. The van der Waals surface area contributed by atoms with Gasteiger partial charge in [0.15, 0.2) is 5.96 Å². The molecular formula is C21H38N6O2. The monoisotopic (exact) mass is 406 g/mol. The Balaban J connectivity index is 1.79. The minimum atomic E-state index is -0.447. The Kier molecular flexibility index (Phi) is 8.37. The Morgan fingerprint density at radius 2 is 1.97 bits per heavy atom. The number of carbonyl (C=O) groups is 1. The lowest BCUT2D eigenvalue weighted by Crippen LogP contribution is -2.50. The minimum absolute atomic E-state index is 0.216. The lowest BCUT2D eigenvalue weighted by molar-refractivity contribution is 0.0148. The van der Waals surface area contributed by atoms with Crippen molar-refractivity contribution in [3.05, 3.63) is 24.0 Å². The highest BCUT2D eigenvalue weighted by Gasteiger charge is 2.25. The Hall–Kier alpha value is -2.22. The van der Waals surface area contributed by atoms with Crippen molar-refractivity contribution in [1.29, 1.82) is 0 Å². The van der Waals surface area contributed by atoms with Crippen molar-refractivity contribution in [2.24, 2.45) is 12.0 Å². The van der Waals surface area contributed by atoms with E-state index in [1.54, 1.807) is 4.90 Å². The lowest BCUT2D eigenvalue weighted by Gasteiger charge is -2.35. The van der Waals surface area contributed by atoms with Crippen LogP contribution in [0.5, 0.6) is 0 Å². The van der Waals surface area contributed by atoms with Crippen molar-refractivity contribution in [3.63, 3.8) is 0 Å². The van der Waals surface area contributed by atoms with Crippen LogP contribution >= 0.6 is 0 Å². The van der Waals surface area contributed by atoms with Gasteiger partial charge in [-0.15, -0.1) is 0 Å². The van der Waals surface area contributed by atoms with E-state index in [0.29, 0.717) is 13.1 Å². The summed E-state index contributed by atoms with van der Waals surface area (Å²) in [5.74, 6) is 0.918. The predicted molar refractivity (Wildman–Crippen MR) is 117 cm³/mol. The first kappa shape index (κ1) is 23.1. The van der Waals surface area contributed by atoms with Gasteiger partial charge in [0.2, 0.25) is 0 Å². The molecule has 0 bridgehead atoms. The average molecular weight is 407 g/mol. The number of aliphatic imine (C=N–C) groups is 1. The maximum absolute atomic E-state index is 12.2. The number of nitrogens with one attached hydrogen (secondary N) is 1. The molecule has 1 aromatic rings. The van der Waals surface area contributed by atoms with Crippen molar-refractivity contribution in [2.45, 2.75) is 39.8 Å². The molecule has 1 fully saturated rings. The molecule has 0 spiro atoms. The number of aromatic nitrogens is 1. The van der Waals surface area contributed by atoms with E-state index in [0.717, 1.165) is 45.2 Å². The maximum Gasteiger partial charge on any atom is 0.410 e. The van der Waals surface area contributed by atoms with E-state index in [1.807, 2.05) is 20.8 Å². The molecule has 1 saturated heterocycles. The molecule has 0 aromatic carbocycles. The van der Waals surface area contributed by atoms with Crippen LogP contribution in [0.2, 0.25) is 0 Å². The predicted octanol–water partition coefficient (Wildman–Crippen LogP) is 1.98. The van der Waals surface area contributed by atoms with Gasteiger partial charge < -0.3 is 24.4 Å². The lowest BCUT2D eigenvalue weighted by atomic mass is 10.2. The third-order valence-electron chi connectivity index (χ3n) is 4.85. The molecule has 1 aliphatic rings. The van der Waals surface area contributed by atoms with Crippen molar-refractivity contribution in [2.75, 3.05) is 52.9 Å². The molecule has 8 nitrogen and oxygen atoms in total. The maximum atomic E-state index is 12.2. The molecular weight excluding hydrogens is 368 g/mol. The fourth-order valence-corrected chi connectivity index (χ4v) is 3.23. The van der Waals surface area contributed by atoms with Crippen LogP contribution in [-0.2, 0) is 18.3 Å². The van der Waals surface area contributed by atoms with Gasteiger partial charge in [-0.3, -0.25) is 9.89 Å². The van der Waals surface area contributed by atoms with Crippen LogP contribution in [-0.4, -0.2) is 89.8 Å². The van der Waals surface area contributed by atoms with E-state index in [9.17, 15) is 4.79 Å². The number of hydrogen-bond donors (Lipinski definition) is 1. The normalized spacial score (nSPS) is 16.1. The Labute approximate surface area is 175 Å². The Bertz CT molecular complexity index is 671. The molecule has 1 N–H and O–H groups in total. The highest BCUT2D eigenvalue weighted by atomic mass is 16.6. The molecule has 0 aliphatic carbocycles. The summed E-state index contributed by atoms with van der Waals surface area (Å²) < 4.78 is 7.59. The quantitative estimate of drug-likeness (QED) is 0.578. The van der Waals surface area contributed by atoms with E-state index < -0.39 is 5.60 Å². The van der Waals surface area contributed by atoms with Crippen molar-refractivity contribution in [1.82, 2.24) is 24.6 Å². The fraction of sp³-hybridized carbons (Fsp3) is 0.714. The van der Waals surface area contributed by atoms with Crippen LogP contribution in [0, 0.1) is 0 Å². The second kappa shape index (κ2) is 10.5. The van der Waals surface area contributed by atoms with Gasteiger partial charge in [-0.1, -0.05) is 0 Å². The number of rotatable bonds is 6. The number of ether oxygens (including phenoxy) is 1. The zero-order valence-electron chi connectivity index (χ0n) is 18.9. The molecule has 0 unspecified atom stereocenters. The summed E-state index contributed by atoms with van der Waals surface area (Å²) in [5.41, 5.74) is 0.799. The molecule has 1 amide bonds. The summed E-state index contributed by atoms with van der Waals surface area (Å²) in [4.78, 5) is 23.3. The highest BCUT2D eigenvalue weighted by Crippen LogP contribution is 2.12. The van der Waals surface area contributed by atoms with Gasteiger partial charge in [-0.05, 0) is 39.8 Å².